The Morgan fingerprint density at radius 2 is 2.53 bits per heavy atom. The summed E-state index contributed by atoms with van der Waals surface area (Å²) < 4.78 is 6.34. The summed E-state index contributed by atoms with van der Waals surface area (Å²) >= 11 is 0. The van der Waals surface area contributed by atoms with Gasteiger partial charge in [-0.25, -0.2) is 10.1 Å². The molecule has 0 aromatic carbocycles. The van der Waals surface area contributed by atoms with Crippen LogP contribution in [0.5, 0.6) is 6.01 Å². The third-order valence-electron chi connectivity index (χ3n) is 1.94. The van der Waals surface area contributed by atoms with Gasteiger partial charge in [0.15, 0.2) is 0 Å². The number of nitrogens with one attached hydrogen (secondary N) is 2. The Labute approximate surface area is 96.2 Å². The molecule has 0 aliphatic heterocycles. The Hall–Kier alpha value is -2.45. The molecule has 0 aliphatic rings. The topological polar surface area (TPSA) is 111 Å². The molecule has 9 heteroatoms. The fourth-order valence-electron chi connectivity index (χ4n) is 1.15. The third-order valence-corrected chi connectivity index (χ3v) is 1.94. The van der Waals surface area contributed by atoms with Crippen LogP contribution < -0.4 is 10.1 Å². The molecule has 0 fully saturated rings. The number of H-pyrrole nitrogens is 1. The lowest BCUT2D eigenvalue weighted by Crippen LogP contribution is -2.15. The van der Waals surface area contributed by atoms with Gasteiger partial charge >= 0.3 is 6.01 Å². The number of anilines is 1. The molecular weight excluding hydrogens is 226 g/mol. The molecule has 2 rings (SSSR count). The van der Waals surface area contributed by atoms with Crippen LogP contribution in [0.1, 0.15) is 6.42 Å². The van der Waals surface area contributed by atoms with E-state index in [4.69, 9.17) is 4.74 Å². The van der Waals surface area contributed by atoms with Crippen molar-refractivity contribution in [1.29, 1.82) is 0 Å². The molecule has 9 nitrogen and oxygen atoms in total. The largest absolute Gasteiger partial charge is 0.466 e. The van der Waals surface area contributed by atoms with Crippen molar-refractivity contribution in [1.82, 2.24) is 29.9 Å². The van der Waals surface area contributed by atoms with Crippen molar-refractivity contribution in [2.75, 3.05) is 12.4 Å². The van der Waals surface area contributed by atoms with Crippen LogP contribution in [0.15, 0.2) is 12.7 Å². The van der Waals surface area contributed by atoms with Gasteiger partial charge in [-0.1, -0.05) is 0 Å². The van der Waals surface area contributed by atoms with E-state index in [1.165, 1.54) is 13.4 Å². The number of rotatable bonds is 5. The second-order valence-corrected chi connectivity index (χ2v) is 3.13. The van der Waals surface area contributed by atoms with E-state index in [0.717, 1.165) is 0 Å². The first-order valence-corrected chi connectivity index (χ1v) is 4.86. The molecule has 0 bridgehead atoms. The van der Waals surface area contributed by atoms with Crippen LogP contribution in [0.4, 0.5) is 5.95 Å². The van der Waals surface area contributed by atoms with Gasteiger partial charge in [0.2, 0.25) is 11.9 Å². The van der Waals surface area contributed by atoms with Crippen LogP contribution in [-0.2, 0) is 11.3 Å². The predicted molar refractivity (Wildman–Crippen MR) is 56.2 cm³/mol. The van der Waals surface area contributed by atoms with Gasteiger partial charge in [0.25, 0.3) is 0 Å². The zero-order chi connectivity index (χ0) is 12.1. The molecule has 0 spiro atoms. The first-order chi connectivity index (χ1) is 8.28. The maximum absolute atomic E-state index is 11.5. The first-order valence-electron chi connectivity index (χ1n) is 4.86. The van der Waals surface area contributed by atoms with Crippen molar-refractivity contribution >= 4 is 11.9 Å². The minimum atomic E-state index is -0.195. The summed E-state index contributed by atoms with van der Waals surface area (Å²) in [5.41, 5.74) is 0. The van der Waals surface area contributed by atoms with Crippen molar-refractivity contribution in [2.24, 2.45) is 0 Å². The Kier molecular flexibility index (Phi) is 3.28. The van der Waals surface area contributed by atoms with E-state index in [1.54, 1.807) is 11.0 Å². The highest BCUT2D eigenvalue weighted by atomic mass is 16.5. The summed E-state index contributed by atoms with van der Waals surface area (Å²) in [6.07, 6.45) is 3.23. The molecule has 2 aromatic heterocycles. The quantitative estimate of drug-likeness (QED) is 0.720. The molecule has 2 N–H and O–H groups in total. The lowest BCUT2D eigenvalue weighted by Gasteiger charge is -2.00. The Balaban J connectivity index is 1.81. The number of hydrogen-bond donors (Lipinski definition) is 2. The molecule has 17 heavy (non-hydrogen) atoms. The van der Waals surface area contributed by atoms with Crippen molar-refractivity contribution in [3.63, 3.8) is 0 Å². The highest BCUT2D eigenvalue weighted by molar-refractivity contribution is 5.88. The summed E-state index contributed by atoms with van der Waals surface area (Å²) in [5.74, 6) is 0.0599. The number of carbonyl (C=O) groups excluding carboxylic acids is 1. The Bertz CT molecular complexity index is 478. The van der Waals surface area contributed by atoms with Crippen molar-refractivity contribution in [3.05, 3.63) is 12.7 Å². The highest BCUT2D eigenvalue weighted by Crippen LogP contribution is 2.04. The number of aryl methyl sites for hydroxylation is 1. The fraction of sp³-hybridized carbons (Fsp3) is 0.375. The lowest BCUT2D eigenvalue weighted by atomic mass is 10.4. The molecule has 2 heterocycles. The number of aromatic nitrogens is 6. The molecular formula is C8H11N7O2. The van der Waals surface area contributed by atoms with Crippen LogP contribution in [0, 0.1) is 0 Å². The SMILES string of the molecule is COc1n[nH]c(NC(=O)CCn2cncn2)n1. The summed E-state index contributed by atoms with van der Waals surface area (Å²) in [4.78, 5) is 19.1. The minimum Gasteiger partial charge on any atom is -0.466 e. The van der Waals surface area contributed by atoms with Gasteiger partial charge < -0.3 is 4.74 Å². The Morgan fingerprint density at radius 3 is 3.18 bits per heavy atom. The van der Waals surface area contributed by atoms with E-state index in [2.05, 4.69) is 30.6 Å². The number of amides is 1. The van der Waals surface area contributed by atoms with Crippen LogP contribution in [0.2, 0.25) is 0 Å². The molecule has 0 radical (unpaired) electrons. The van der Waals surface area contributed by atoms with E-state index in [0.29, 0.717) is 6.54 Å². The zero-order valence-corrected chi connectivity index (χ0v) is 9.12. The molecule has 90 valence electrons. The van der Waals surface area contributed by atoms with E-state index < -0.39 is 0 Å². The molecule has 0 saturated heterocycles. The summed E-state index contributed by atoms with van der Waals surface area (Å²) in [5, 5.41) is 12.7. The molecule has 2 aromatic rings. The number of methoxy groups -OCH3 is 1. The van der Waals surface area contributed by atoms with Crippen LogP contribution in [0.25, 0.3) is 0 Å². The van der Waals surface area contributed by atoms with Crippen molar-refractivity contribution in [2.45, 2.75) is 13.0 Å². The van der Waals surface area contributed by atoms with Gasteiger partial charge in [-0.2, -0.15) is 10.1 Å². The molecule has 0 saturated carbocycles. The molecule has 0 aliphatic carbocycles. The van der Waals surface area contributed by atoms with Crippen LogP contribution in [-0.4, -0.2) is 43.0 Å². The van der Waals surface area contributed by atoms with Crippen molar-refractivity contribution < 1.29 is 9.53 Å². The van der Waals surface area contributed by atoms with E-state index >= 15 is 0 Å². The monoisotopic (exact) mass is 237 g/mol. The van der Waals surface area contributed by atoms with Gasteiger partial charge in [0.1, 0.15) is 12.7 Å². The predicted octanol–water partition coefficient (Wildman–Crippen LogP) is -0.566. The van der Waals surface area contributed by atoms with Crippen molar-refractivity contribution in [3.8, 4) is 6.01 Å². The summed E-state index contributed by atoms with van der Waals surface area (Å²) in [6.45, 7) is 0.455. The van der Waals surface area contributed by atoms with Gasteiger partial charge in [0, 0.05) is 6.42 Å². The van der Waals surface area contributed by atoms with E-state index in [9.17, 15) is 4.79 Å². The van der Waals surface area contributed by atoms with E-state index in [1.807, 2.05) is 0 Å². The fourth-order valence-corrected chi connectivity index (χ4v) is 1.15. The average Bonchev–Trinajstić information content (AvgIpc) is 2.97. The number of ether oxygens (including phenoxy) is 1. The smallest absolute Gasteiger partial charge is 0.336 e. The normalized spacial score (nSPS) is 10.2. The standard InChI is InChI=1S/C8H11N7O2/c1-17-8-12-7(13-14-8)11-6(16)2-3-15-5-9-4-10-15/h4-5H,2-3H2,1H3,(H2,11,12,13,14,16). The Morgan fingerprint density at radius 1 is 1.65 bits per heavy atom. The van der Waals surface area contributed by atoms with Crippen LogP contribution in [0.3, 0.4) is 0 Å². The summed E-state index contributed by atoms with van der Waals surface area (Å²) in [7, 11) is 1.44. The molecule has 1 amide bonds. The van der Waals surface area contributed by atoms with Gasteiger partial charge in [-0.3, -0.25) is 14.8 Å². The zero-order valence-electron chi connectivity index (χ0n) is 9.12. The number of nitrogens with zero attached hydrogens (tertiary/aromatic N) is 5. The average molecular weight is 237 g/mol. The van der Waals surface area contributed by atoms with Gasteiger partial charge in [0.05, 0.1) is 13.7 Å². The van der Waals surface area contributed by atoms with Gasteiger partial charge in [-0.05, 0) is 0 Å². The van der Waals surface area contributed by atoms with E-state index in [-0.39, 0.29) is 24.3 Å². The maximum atomic E-state index is 11.5. The molecule has 0 atom stereocenters. The second-order valence-electron chi connectivity index (χ2n) is 3.13. The highest BCUT2D eigenvalue weighted by Gasteiger charge is 2.07. The van der Waals surface area contributed by atoms with Crippen LogP contribution >= 0.6 is 0 Å². The second kappa shape index (κ2) is 5.05. The minimum absolute atomic E-state index is 0.177. The summed E-state index contributed by atoms with van der Waals surface area (Å²) in [6, 6.07) is 0.177. The number of carbonyl (C=O) groups is 1. The molecule has 0 unspecified atom stereocenters. The number of hydrogen-bond acceptors (Lipinski definition) is 6. The maximum Gasteiger partial charge on any atom is 0.336 e. The van der Waals surface area contributed by atoms with Gasteiger partial charge in [-0.15, -0.1) is 5.10 Å². The third kappa shape index (κ3) is 3.00. The lowest BCUT2D eigenvalue weighted by molar-refractivity contribution is -0.116. The first kappa shape index (κ1) is 11.0. The number of aromatic amines is 1.